The van der Waals surface area contributed by atoms with Gasteiger partial charge in [-0.25, -0.2) is 0 Å². The summed E-state index contributed by atoms with van der Waals surface area (Å²) in [5.41, 5.74) is 5.05. The molecule has 0 aliphatic carbocycles. The number of nitrogens with one attached hydrogen (secondary N) is 3. The Morgan fingerprint density at radius 1 is 1.14 bits per heavy atom. The lowest BCUT2D eigenvalue weighted by atomic mass is 10.1. The lowest BCUT2D eigenvalue weighted by Gasteiger charge is -2.15. The van der Waals surface area contributed by atoms with Crippen molar-refractivity contribution in [1.82, 2.24) is 16.0 Å². The Morgan fingerprint density at radius 2 is 1.77 bits per heavy atom. The van der Waals surface area contributed by atoms with Crippen LogP contribution in [0.4, 0.5) is 0 Å². The molecule has 2 unspecified atom stereocenters. The molecule has 2 atom stereocenters. The molecule has 0 saturated carbocycles. The summed E-state index contributed by atoms with van der Waals surface area (Å²) < 4.78 is 0. The molecule has 22 heavy (non-hydrogen) atoms. The number of hydrogen-bond acceptors (Lipinski definition) is 6. The van der Waals surface area contributed by atoms with Crippen LogP contribution in [0.3, 0.4) is 0 Å². The van der Waals surface area contributed by atoms with Crippen LogP contribution in [0.1, 0.15) is 26.2 Å². The van der Waals surface area contributed by atoms with Gasteiger partial charge in [0.1, 0.15) is 6.04 Å². The van der Waals surface area contributed by atoms with Gasteiger partial charge in [-0.1, -0.05) is 13.3 Å². The first-order valence-electron chi connectivity index (χ1n) is 7.06. The van der Waals surface area contributed by atoms with Crippen LogP contribution >= 0.6 is 0 Å². The third kappa shape index (κ3) is 7.14. The first kappa shape index (κ1) is 20.0. The van der Waals surface area contributed by atoms with E-state index in [1.165, 1.54) is 0 Å². The highest BCUT2D eigenvalue weighted by Crippen LogP contribution is 1.97. The number of hydrogen-bond donors (Lipinski definition) is 5. The molecule has 0 saturated heterocycles. The van der Waals surface area contributed by atoms with Crippen molar-refractivity contribution in [2.24, 2.45) is 5.73 Å². The van der Waals surface area contributed by atoms with Gasteiger partial charge in [-0.3, -0.25) is 19.2 Å². The maximum Gasteiger partial charge on any atom is 0.289 e. The summed E-state index contributed by atoms with van der Waals surface area (Å²) in [5.74, 6) is -2.99. The molecule has 9 nitrogen and oxygen atoms in total. The zero-order valence-corrected chi connectivity index (χ0v) is 12.8. The van der Waals surface area contributed by atoms with Crippen molar-refractivity contribution in [3.05, 3.63) is 0 Å². The minimum atomic E-state index is -1.02. The van der Waals surface area contributed by atoms with Crippen molar-refractivity contribution in [2.45, 2.75) is 38.3 Å². The highest BCUT2D eigenvalue weighted by atomic mass is 16.3. The van der Waals surface area contributed by atoms with E-state index >= 15 is 0 Å². The van der Waals surface area contributed by atoms with Crippen LogP contribution in [-0.2, 0) is 19.2 Å². The number of aliphatic hydroxyl groups is 1. The molecule has 0 heterocycles. The summed E-state index contributed by atoms with van der Waals surface area (Å²) in [6, 6.07) is -1.61. The van der Waals surface area contributed by atoms with Gasteiger partial charge in [0.25, 0.3) is 5.91 Å². The van der Waals surface area contributed by atoms with Crippen LogP contribution < -0.4 is 21.7 Å². The highest BCUT2D eigenvalue weighted by Gasteiger charge is 2.24. The zero-order chi connectivity index (χ0) is 17.1. The number of amides is 3. The standard InChI is InChI=1S/C13H24N4O5/c1-3-4-8(15-2)11(20)13(22)16-7-10(19)17-9(5-6-18)12(14)21/h8-9,15,18H,3-7H2,1-2H3,(H2,14,21)(H,16,22)(H,17,19). The molecular weight excluding hydrogens is 292 g/mol. The van der Waals surface area contributed by atoms with Gasteiger partial charge in [-0.05, 0) is 19.9 Å². The number of rotatable bonds is 11. The van der Waals surface area contributed by atoms with E-state index in [9.17, 15) is 19.2 Å². The third-order valence-corrected chi connectivity index (χ3v) is 2.97. The Balaban J connectivity index is 4.36. The molecule has 0 aromatic heterocycles. The average Bonchev–Trinajstić information content (AvgIpc) is 2.48. The first-order chi connectivity index (χ1) is 10.4. The number of carbonyl (C=O) groups is 4. The van der Waals surface area contributed by atoms with Crippen molar-refractivity contribution >= 4 is 23.5 Å². The molecule has 0 aliphatic rings. The number of carbonyl (C=O) groups excluding carboxylic acids is 4. The molecule has 0 radical (unpaired) electrons. The molecule has 0 aliphatic heterocycles. The van der Waals surface area contributed by atoms with E-state index in [0.29, 0.717) is 6.42 Å². The fraction of sp³-hybridized carbons (Fsp3) is 0.692. The van der Waals surface area contributed by atoms with Gasteiger partial charge in [-0.15, -0.1) is 0 Å². The fourth-order valence-electron chi connectivity index (χ4n) is 1.76. The van der Waals surface area contributed by atoms with Gasteiger partial charge < -0.3 is 26.8 Å². The van der Waals surface area contributed by atoms with Crippen molar-refractivity contribution < 1.29 is 24.3 Å². The largest absolute Gasteiger partial charge is 0.396 e. The summed E-state index contributed by atoms with van der Waals surface area (Å²) in [6.45, 7) is 1.11. The Kier molecular flexibility index (Phi) is 9.72. The summed E-state index contributed by atoms with van der Waals surface area (Å²) in [7, 11) is 1.57. The van der Waals surface area contributed by atoms with E-state index in [4.69, 9.17) is 10.8 Å². The highest BCUT2D eigenvalue weighted by molar-refractivity contribution is 6.38. The molecule has 0 aromatic carbocycles. The van der Waals surface area contributed by atoms with E-state index in [0.717, 1.165) is 6.42 Å². The van der Waals surface area contributed by atoms with Gasteiger partial charge in [0.15, 0.2) is 0 Å². The molecule has 0 spiro atoms. The number of nitrogens with two attached hydrogens (primary N) is 1. The van der Waals surface area contributed by atoms with Gasteiger partial charge in [0.05, 0.1) is 12.6 Å². The summed E-state index contributed by atoms with van der Waals surface area (Å²) >= 11 is 0. The summed E-state index contributed by atoms with van der Waals surface area (Å²) in [4.78, 5) is 46.1. The molecule has 0 fully saturated rings. The number of likely N-dealkylation sites (N-methyl/N-ethyl adjacent to an activating group) is 1. The predicted octanol–water partition coefficient (Wildman–Crippen LogP) is -2.59. The van der Waals surface area contributed by atoms with Crippen molar-refractivity contribution in [2.75, 3.05) is 20.2 Å². The minimum Gasteiger partial charge on any atom is -0.396 e. The SMILES string of the molecule is CCCC(NC)C(=O)C(=O)NCC(=O)NC(CCO)C(N)=O. The molecule has 3 amide bonds. The smallest absolute Gasteiger partial charge is 0.289 e. The molecule has 0 aromatic rings. The van der Waals surface area contributed by atoms with Crippen LogP contribution in [-0.4, -0.2) is 60.9 Å². The Morgan fingerprint density at radius 3 is 2.23 bits per heavy atom. The monoisotopic (exact) mass is 316 g/mol. The molecule has 9 heteroatoms. The predicted molar refractivity (Wildman–Crippen MR) is 78.6 cm³/mol. The van der Waals surface area contributed by atoms with Crippen molar-refractivity contribution in [3.8, 4) is 0 Å². The molecule has 0 rings (SSSR count). The molecule has 0 bridgehead atoms. The maximum absolute atomic E-state index is 11.8. The van der Waals surface area contributed by atoms with Crippen LogP contribution in [0, 0.1) is 0 Å². The van der Waals surface area contributed by atoms with Crippen molar-refractivity contribution in [1.29, 1.82) is 0 Å². The van der Waals surface area contributed by atoms with Crippen LogP contribution in [0.15, 0.2) is 0 Å². The van der Waals surface area contributed by atoms with Gasteiger partial charge in [-0.2, -0.15) is 0 Å². The number of primary amides is 1. The second-order valence-electron chi connectivity index (χ2n) is 4.71. The van der Waals surface area contributed by atoms with Gasteiger partial charge in [0, 0.05) is 6.61 Å². The third-order valence-electron chi connectivity index (χ3n) is 2.97. The second-order valence-corrected chi connectivity index (χ2v) is 4.71. The van der Waals surface area contributed by atoms with E-state index in [2.05, 4.69) is 16.0 Å². The first-order valence-corrected chi connectivity index (χ1v) is 7.06. The fourth-order valence-corrected chi connectivity index (χ4v) is 1.76. The number of ketones is 1. The molecule has 126 valence electrons. The quantitative estimate of drug-likeness (QED) is 0.264. The Bertz CT molecular complexity index is 413. The molecular formula is C13H24N4O5. The van der Waals surface area contributed by atoms with Gasteiger partial charge in [0.2, 0.25) is 17.6 Å². The topological polar surface area (TPSA) is 151 Å². The minimum absolute atomic E-state index is 0.0215. The average molecular weight is 316 g/mol. The zero-order valence-electron chi connectivity index (χ0n) is 12.8. The van der Waals surface area contributed by atoms with Crippen molar-refractivity contribution in [3.63, 3.8) is 0 Å². The van der Waals surface area contributed by atoms with E-state index in [1.54, 1.807) is 7.05 Å². The lowest BCUT2D eigenvalue weighted by Crippen LogP contribution is -2.50. The van der Waals surface area contributed by atoms with Crippen LogP contribution in [0.2, 0.25) is 0 Å². The van der Waals surface area contributed by atoms with Gasteiger partial charge >= 0.3 is 0 Å². The normalized spacial score (nSPS) is 13.0. The van der Waals surface area contributed by atoms with E-state index < -0.39 is 42.1 Å². The second kappa shape index (κ2) is 10.7. The van der Waals surface area contributed by atoms with Crippen LogP contribution in [0.5, 0.6) is 0 Å². The van der Waals surface area contributed by atoms with E-state index in [-0.39, 0.29) is 13.0 Å². The summed E-state index contributed by atoms with van der Waals surface area (Å²) in [5, 5.41) is 15.9. The number of Topliss-reactive ketones (excluding diaryl/α,β-unsaturated/α-hetero) is 1. The lowest BCUT2D eigenvalue weighted by molar-refractivity contribution is -0.139. The Labute approximate surface area is 129 Å². The maximum atomic E-state index is 11.8. The van der Waals surface area contributed by atoms with E-state index in [1.807, 2.05) is 6.92 Å². The molecule has 6 N–H and O–H groups in total. The summed E-state index contributed by atoms with van der Waals surface area (Å²) in [6.07, 6.45) is 1.22. The number of aliphatic hydroxyl groups excluding tert-OH is 1. The van der Waals surface area contributed by atoms with Crippen LogP contribution in [0.25, 0.3) is 0 Å². The Hall–Kier alpha value is -2.00.